The maximum Gasteiger partial charge on any atom is 0.261 e. The highest BCUT2D eigenvalue weighted by Crippen LogP contribution is 2.24. The second-order valence-corrected chi connectivity index (χ2v) is 6.50. The number of nitrogens with zero attached hydrogens (tertiary/aromatic N) is 1. The molecule has 2 aromatic carbocycles. The van der Waals surface area contributed by atoms with Gasteiger partial charge in [-0.2, -0.15) is 0 Å². The normalized spacial score (nSPS) is 13.1. The standard InChI is InChI=1S/C21H20N2O3/c1-4-11-23-20(25)17-10-7-15(12-18(17)21(23)26)19(24)22-16-8-5-14(6-9-16)13(2)3/h4-10,12-13H,1,11H2,2-3H3,(H,22,24). The van der Waals surface area contributed by atoms with Crippen molar-refractivity contribution < 1.29 is 14.4 Å². The van der Waals surface area contributed by atoms with Gasteiger partial charge in [0.25, 0.3) is 17.7 Å². The van der Waals surface area contributed by atoms with Gasteiger partial charge in [0.15, 0.2) is 0 Å². The van der Waals surface area contributed by atoms with E-state index in [1.807, 2.05) is 24.3 Å². The van der Waals surface area contributed by atoms with Crippen LogP contribution in [0.15, 0.2) is 55.1 Å². The molecule has 0 atom stereocenters. The number of fused-ring (bicyclic) bond motifs is 1. The zero-order valence-electron chi connectivity index (χ0n) is 14.8. The molecule has 0 unspecified atom stereocenters. The Bertz CT molecular complexity index is 898. The van der Waals surface area contributed by atoms with Gasteiger partial charge in [-0.25, -0.2) is 0 Å². The Kier molecular flexibility index (Phi) is 4.71. The first kappa shape index (κ1) is 17.6. The molecule has 3 rings (SSSR count). The molecule has 0 saturated heterocycles. The number of imide groups is 1. The molecule has 0 fully saturated rings. The van der Waals surface area contributed by atoms with Crippen molar-refractivity contribution in [1.29, 1.82) is 0 Å². The molecule has 3 amide bonds. The number of anilines is 1. The first-order valence-corrected chi connectivity index (χ1v) is 8.45. The van der Waals surface area contributed by atoms with Gasteiger partial charge in [0.2, 0.25) is 0 Å². The zero-order valence-corrected chi connectivity index (χ0v) is 14.8. The summed E-state index contributed by atoms with van der Waals surface area (Å²) in [7, 11) is 0. The Labute approximate surface area is 152 Å². The molecule has 0 saturated carbocycles. The smallest absolute Gasteiger partial charge is 0.261 e. The van der Waals surface area contributed by atoms with Crippen molar-refractivity contribution in [3.63, 3.8) is 0 Å². The maximum absolute atomic E-state index is 12.5. The minimum atomic E-state index is -0.402. The molecule has 0 aromatic heterocycles. The number of nitrogens with one attached hydrogen (secondary N) is 1. The van der Waals surface area contributed by atoms with E-state index in [9.17, 15) is 14.4 Å². The monoisotopic (exact) mass is 348 g/mol. The summed E-state index contributed by atoms with van der Waals surface area (Å²) in [4.78, 5) is 38.2. The van der Waals surface area contributed by atoms with E-state index in [-0.39, 0.29) is 23.9 Å². The van der Waals surface area contributed by atoms with Crippen LogP contribution in [0.5, 0.6) is 0 Å². The highest BCUT2D eigenvalue weighted by molar-refractivity contribution is 6.22. The Morgan fingerprint density at radius 3 is 2.35 bits per heavy atom. The lowest BCUT2D eigenvalue weighted by Gasteiger charge is -2.09. The van der Waals surface area contributed by atoms with Crippen molar-refractivity contribution >= 4 is 23.4 Å². The third-order valence-corrected chi connectivity index (χ3v) is 4.38. The van der Waals surface area contributed by atoms with Gasteiger partial charge in [0, 0.05) is 17.8 Å². The van der Waals surface area contributed by atoms with E-state index < -0.39 is 5.91 Å². The van der Waals surface area contributed by atoms with E-state index in [2.05, 4.69) is 25.7 Å². The molecule has 0 radical (unpaired) electrons. The van der Waals surface area contributed by atoms with Gasteiger partial charge < -0.3 is 5.32 Å². The van der Waals surface area contributed by atoms with Crippen molar-refractivity contribution in [2.75, 3.05) is 11.9 Å². The van der Waals surface area contributed by atoms with E-state index >= 15 is 0 Å². The molecule has 26 heavy (non-hydrogen) atoms. The van der Waals surface area contributed by atoms with Gasteiger partial charge in [-0.05, 0) is 41.8 Å². The number of benzene rings is 2. The number of carbonyl (C=O) groups excluding carboxylic acids is 3. The molecule has 1 aliphatic heterocycles. The fraction of sp³-hybridized carbons (Fsp3) is 0.190. The van der Waals surface area contributed by atoms with Gasteiger partial charge in [-0.15, -0.1) is 6.58 Å². The second-order valence-electron chi connectivity index (χ2n) is 6.50. The molecule has 1 heterocycles. The lowest BCUT2D eigenvalue weighted by molar-refractivity contribution is 0.0672. The number of amides is 3. The lowest BCUT2D eigenvalue weighted by atomic mass is 10.0. The molecule has 1 N–H and O–H groups in total. The SMILES string of the molecule is C=CCN1C(=O)c2ccc(C(=O)Nc3ccc(C(C)C)cc3)cc2C1=O. The Morgan fingerprint density at radius 2 is 1.73 bits per heavy atom. The van der Waals surface area contributed by atoms with Crippen LogP contribution >= 0.6 is 0 Å². The van der Waals surface area contributed by atoms with Gasteiger partial charge in [-0.3, -0.25) is 19.3 Å². The second kappa shape index (κ2) is 6.96. The van der Waals surface area contributed by atoms with Crippen LogP contribution in [0.3, 0.4) is 0 Å². The number of hydrogen-bond acceptors (Lipinski definition) is 3. The Hall–Kier alpha value is -3.21. The van der Waals surface area contributed by atoms with Crippen molar-refractivity contribution in [2.24, 2.45) is 0 Å². The Balaban J connectivity index is 1.81. The van der Waals surface area contributed by atoms with Crippen LogP contribution in [0.1, 0.15) is 56.4 Å². The van der Waals surface area contributed by atoms with Crippen LogP contribution < -0.4 is 5.32 Å². The van der Waals surface area contributed by atoms with Crippen molar-refractivity contribution in [3.8, 4) is 0 Å². The summed E-state index contributed by atoms with van der Waals surface area (Å²) in [6.07, 6.45) is 1.50. The van der Waals surface area contributed by atoms with E-state index in [0.29, 0.717) is 22.7 Å². The number of rotatable bonds is 5. The summed E-state index contributed by atoms with van der Waals surface area (Å²) < 4.78 is 0. The first-order chi connectivity index (χ1) is 12.4. The van der Waals surface area contributed by atoms with Gasteiger partial charge in [-0.1, -0.05) is 32.1 Å². The summed E-state index contributed by atoms with van der Waals surface area (Å²) in [5.41, 5.74) is 2.76. The number of carbonyl (C=O) groups is 3. The average Bonchev–Trinajstić information content (AvgIpc) is 2.87. The van der Waals surface area contributed by atoms with Crippen molar-refractivity contribution in [3.05, 3.63) is 77.4 Å². The molecular formula is C21H20N2O3. The molecule has 132 valence electrons. The van der Waals surface area contributed by atoms with E-state index in [4.69, 9.17) is 0 Å². The predicted molar refractivity (Wildman–Crippen MR) is 100 cm³/mol. The first-order valence-electron chi connectivity index (χ1n) is 8.45. The minimum absolute atomic E-state index is 0.149. The fourth-order valence-corrected chi connectivity index (χ4v) is 2.88. The molecule has 5 heteroatoms. The van der Waals surface area contributed by atoms with Gasteiger partial charge in [0.1, 0.15) is 0 Å². The quantitative estimate of drug-likeness (QED) is 0.659. The maximum atomic E-state index is 12.5. The van der Waals surface area contributed by atoms with Gasteiger partial charge in [0.05, 0.1) is 11.1 Å². The van der Waals surface area contributed by atoms with Crippen LogP contribution in [-0.2, 0) is 0 Å². The number of hydrogen-bond donors (Lipinski definition) is 1. The summed E-state index contributed by atoms with van der Waals surface area (Å²) in [5, 5.41) is 2.81. The third kappa shape index (κ3) is 3.16. The lowest BCUT2D eigenvalue weighted by Crippen LogP contribution is -2.29. The fourth-order valence-electron chi connectivity index (χ4n) is 2.88. The molecule has 0 aliphatic carbocycles. The van der Waals surface area contributed by atoms with Gasteiger partial charge >= 0.3 is 0 Å². The Morgan fingerprint density at radius 1 is 1.08 bits per heavy atom. The molecule has 5 nitrogen and oxygen atoms in total. The summed E-state index contributed by atoms with van der Waals surface area (Å²) in [5.74, 6) is -0.673. The molecule has 0 spiro atoms. The topological polar surface area (TPSA) is 66.5 Å². The highest BCUT2D eigenvalue weighted by Gasteiger charge is 2.35. The molecule has 1 aliphatic rings. The van der Waals surface area contributed by atoms with Crippen LogP contribution in [0, 0.1) is 0 Å². The third-order valence-electron chi connectivity index (χ3n) is 4.38. The van der Waals surface area contributed by atoms with Crippen LogP contribution in [0.2, 0.25) is 0 Å². The summed E-state index contributed by atoms with van der Waals surface area (Å²) >= 11 is 0. The largest absolute Gasteiger partial charge is 0.322 e. The van der Waals surface area contributed by atoms with Crippen LogP contribution in [-0.4, -0.2) is 29.2 Å². The molecule has 2 aromatic rings. The van der Waals surface area contributed by atoms with E-state index in [0.717, 1.165) is 4.90 Å². The highest BCUT2D eigenvalue weighted by atomic mass is 16.2. The van der Waals surface area contributed by atoms with Crippen LogP contribution in [0.4, 0.5) is 5.69 Å². The van der Waals surface area contributed by atoms with Crippen molar-refractivity contribution in [1.82, 2.24) is 4.90 Å². The van der Waals surface area contributed by atoms with Crippen molar-refractivity contribution in [2.45, 2.75) is 19.8 Å². The van der Waals surface area contributed by atoms with Crippen LogP contribution in [0.25, 0.3) is 0 Å². The summed E-state index contributed by atoms with van der Waals surface area (Å²) in [6.45, 7) is 7.91. The van der Waals surface area contributed by atoms with E-state index in [1.165, 1.54) is 23.8 Å². The summed E-state index contributed by atoms with van der Waals surface area (Å²) in [6, 6.07) is 12.2. The molecular weight excluding hydrogens is 328 g/mol. The van der Waals surface area contributed by atoms with E-state index in [1.54, 1.807) is 6.07 Å². The predicted octanol–water partition coefficient (Wildman–Crippen LogP) is 3.84. The molecule has 0 bridgehead atoms. The minimum Gasteiger partial charge on any atom is -0.322 e. The zero-order chi connectivity index (χ0) is 18.8. The average molecular weight is 348 g/mol.